The molecular weight excluding hydrogens is 353 g/mol. The zero-order valence-corrected chi connectivity index (χ0v) is 14.7. The normalized spacial score (nSPS) is 13.3. The monoisotopic (exact) mass is 369 g/mol. The minimum Gasteiger partial charge on any atom is -0.480 e. The van der Waals surface area contributed by atoms with Crippen LogP contribution in [-0.4, -0.2) is 26.9 Å². The Bertz CT molecular complexity index is 790. The lowest BCUT2D eigenvalue weighted by Gasteiger charge is -2.21. The van der Waals surface area contributed by atoms with Crippen LogP contribution in [-0.2, 0) is 4.79 Å². The van der Waals surface area contributed by atoms with Gasteiger partial charge in [-0.3, -0.25) is 4.79 Å². The van der Waals surface area contributed by atoms with Gasteiger partial charge < -0.3 is 10.4 Å². The van der Waals surface area contributed by atoms with Gasteiger partial charge in [-0.2, -0.15) is 9.78 Å². The average Bonchev–Trinajstić information content (AvgIpc) is 2.56. The van der Waals surface area contributed by atoms with E-state index in [9.17, 15) is 14.7 Å². The SMILES string of the molecule is CC[C@H](C)[C@H](Nc1cnn(-c2ccc(Cl)cc2)c(=O)c1Cl)C(=O)O. The van der Waals surface area contributed by atoms with E-state index in [2.05, 4.69) is 10.4 Å². The molecule has 0 spiro atoms. The van der Waals surface area contributed by atoms with Gasteiger partial charge in [0.25, 0.3) is 5.56 Å². The fourth-order valence-electron chi connectivity index (χ4n) is 2.15. The number of anilines is 1. The molecule has 0 aliphatic heterocycles. The second-order valence-electron chi connectivity index (χ2n) is 5.41. The van der Waals surface area contributed by atoms with Crippen molar-refractivity contribution in [3.05, 3.63) is 50.9 Å². The van der Waals surface area contributed by atoms with Crippen molar-refractivity contribution in [1.82, 2.24) is 9.78 Å². The number of nitrogens with zero attached hydrogens (tertiary/aromatic N) is 2. The maximum absolute atomic E-state index is 12.4. The van der Waals surface area contributed by atoms with Crippen molar-refractivity contribution >= 4 is 34.9 Å². The number of hydrogen-bond acceptors (Lipinski definition) is 4. The molecule has 0 amide bonds. The van der Waals surface area contributed by atoms with Crippen LogP contribution in [0.3, 0.4) is 0 Å². The number of nitrogens with one attached hydrogen (secondary N) is 1. The lowest BCUT2D eigenvalue weighted by Crippen LogP contribution is -2.36. The molecule has 128 valence electrons. The first kappa shape index (κ1) is 18.3. The summed E-state index contributed by atoms with van der Waals surface area (Å²) < 4.78 is 1.13. The molecule has 0 saturated carbocycles. The largest absolute Gasteiger partial charge is 0.480 e. The summed E-state index contributed by atoms with van der Waals surface area (Å²) in [6.07, 6.45) is 2.01. The summed E-state index contributed by atoms with van der Waals surface area (Å²) in [4.78, 5) is 23.8. The lowest BCUT2D eigenvalue weighted by molar-refractivity contribution is -0.139. The average molecular weight is 370 g/mol. The third-order valence-electron chi connectivity index (χ3n) is 3.78. The molecule has 6 nitrogen and oxygen atoms in total. The van der Waals surface area contributed by atoms with Crippen molar-refractivity contribution < 1.29 is 9.90 Å². The Morgan fingerprint density at radius 1 is 1.33 bits per heavy atom. The highest BCUT2D eigenvalue weighted by atomic mass is 35.5. The molecule has 0 fully saturated rings. The van der Waals surface area contributed by atoms with Crippen LogP contribution in [0.15, 0.2) is 35.3 Å². The van der Waals surface area contributed by atoms with Crippen LogP contribution in [0.1, 0.15) is 20.3 Å². The van der Waals surface area contributed by atoms with Crippen molar-refractivity contribution in [1.29, 1.82) is 0 Å². The summed E-state index contributed by atoms with van der Waals surface area (Å²) in [6, 6.07) is 5.68. The Morgan fingerprint density at radius 3 is 2.50 bits per heavy atom. The summed E-state index contributed by atoms with van der Waals surface area (Å²) in [7, 11) is 0. The van der Waals surface area contributed by atoms with Gasteiger partial charge in [0.15, 0.2) is 0 Å². The summed E-state index contributed by atoms with van der Waals surface area (Å²) in [5, 5.41) is 16.6. The molecule has 2 rings (SSSR count). The lowest BCUT2D eigenvalue weighted by atomic mass is 9.99. The number of carboxylic acids is 1. The van der Waals surface area contributed by atoms with Gasteiger partial charge in [-0.05, 0) is 30.2 Å². The van der Waals surface area contributed by atoms with Gasteiger partial charge in [0.1, 0.15) is 11.1 Å². The Morgan fingerprint density at radius 2 is 1.96 bits per heavy atom. The van der Waals surface area contributed by atoms with Crippen LogP contribution in [0.25, 0.3) is 5.69 Å². The van der Waals surface area contributed by atoms with Gasteiger partial charge >= 0.3 is 5.97 Å². The third-order valence-corrected chi connectivity index (χ3v) is 4.40. The van der Waals surface area contributed by atoms with Gasteiger partial charge in [-0.15, -0.1) is 0 Å². The molecule has 1 aromatic heterocycles. The van der Waals surface area contributed by atoms with E-state index in [1.165, 1.54) is 6.20 Å². The van der Waals surface area contributed by atoms with Crippen LogP contribution in [0.2, 0.25) is 10.0 Å². The molecule has 8 heteroatoms. The number of aromatic nitrogens is 2. The molecule has 1 aromatic carbocycles. The van der Waals surface area contributed by atoms with Crippen molar-refractivity contribution in [3.8, 4) is 5.69 Å². The predicted octanol–water partition coefficient (Wildman–Crippen LogP) is 3.45. The molecule has 0 aliphatic rings. The Hall–Kier alpha value is -2.05. The van der Waals surface area contributed by atoms with Crippen LogP contribution in [0, 0.1) is 5.92 Å². The molecule has 0 saturated heterocycles. The second-order valence-corrected chi connectivity index (χ2v) is 6.23. The molecule has 0 aliphatic carbocycles. The van der Waals surface area contributed by atoms with E-state index in [0.29, 0.717) is 17.1 Å². The maximum Gasteiger partial charge on any atom is 0.326 e. The number of carbonyl (C=O) groups is 1. The van der Waals surface area contributed by atoms with Crippen LogP contribution >= 0.6 is 23.2 Å². The van der Waals surface area contributed by atoms with Gasteiger partial charge in [-0.25, -0.2) is 4.79 Å². The fourth-order valence-corrected chi connectivity index (χ4v) is 2.46. The molecule has 24 heavy (non-hydrogen) atoms. The van der Waals surface area contributed by atoms with E-state index < -0.39 is 17.6 Å². The molecule has 2 aromatic rings. The zero-order valence-electron chi connectivity index (χ0n) is 13.2. The summed E-state index contributed by atoms with van der Waals surface area (Å²) in [6.45, 7) is 3.70. The summed E-state index contributed by atoms with van der Waals surface area (Å²) >= 11 is 11.9. The second kappa shape index (κ2) is 7.68. The van der Waals surface area contributed by atoms with Crippen LogP contribution in [0.4, 0.5) is 5.69 Å². The van der Waals surface area contributed by atoms with E-state index in [1.807, 2.05) is 13.8 Å². The molecule has 1 heterocycles. The molecule has 0 unspecified atom stereocenters. The van der Waals surface area contributed by atoms with E-state index in [0.717, 1.165) is 4.68 Å². The van der Waals surface area contributed by atoms with E-state index in [1.54, 1.807) is 24.3 Å². The minimum absolute atomic E-state index is 0.116. The van der Waals surface area contributed by atoms with Crippen molar-refractivity contribution in [2.24, 2.45) is 5.92 Å². The van der Waals surface area contributed by atoms with Gasteiger partial charge in [0, 0.05) is 5.02 Å². The van der Waals surface area contributed by atoms with Crippen molar-refractivity contribution in [2.45, 2.75) is 26.3 Å². The Labute approximate surface area is 149 Å². The van der Waals surface area contributed by atoms with Crippen LogP contribution in [0.5, 0.6) is 0 Å². The van der Waals surface area contributed by atoms with E-state index >= 15 is 0 Å². The highest BCUT2D eigenvalue weighted by Crippen LogP contribution is 2.21. The van der Waals surface area contributed by atoms with E-state index in [4.69, 9.17) is 23.2 Å². The van der Waals surface area contributed by atoms with Crippen molar-refractivity contribution in [2.75, 3.05) is 5.32 Å². The number of carboxylic acid groups (broad SMARTS) is 1. The molecule has 0 radical (unpaired) electrons. The predicted molar refractivity (Wildman–Crippen MR) is 94.4 cm³/mol. The van der Waals surface area contributed by atoms with Gasteiger partial charge in [0.05, 0.1) is 17.6 Å². The first-order valence-electron chi connectivity index (χ1n) is 7.38. The summed E-state index contributed by atoms with van der Waals surface area (Å²) in [5.74, 6) is -1.15. The zero-order chi connectivity index (χ0) is 17.9. The van der Waals surface area contributed by atoms with Gasteiger partial charge in [0.2, 0.25) is 0 Å². The molecule has 2 N–H and O–H groups in total. The third kappa shape index (κ3) is 3.88. The number of hydrogen-bond donors (Lipinski definition) is 2. The smallest absolute Gasteiger partial charge is 0.326 e. The van der Waals surface area contributed by atoms with E-state index in [-0.39, 0.29) is 16.6 Å². The minimum atomic E-state index is -1.01. The molecule has 0 bridgehead atoms. The van der Waals surface area contributed by atoms with Crippen molar-refractivity contribution in [3.63, 3.8) is 0 Å². The standard InChI is InChI=1S/C16H17Cl2N3O3/c1-3-9(2)14(16(23)24)20-12-8-19-21(15(22)13(12)18)11-6-4-10(17)5-7-11/h4-9,14,20H,3H2,1-2H3,(H,23,24)/t9-,14-/m0/s1. The Balaban J connectivity index is 2.38. The highest BCUT2D eigenvalue weighted by Gasteiger charge is 2.25. The van der Waals surface area contributed by atoms with Crippen LogP contribution < -0.4 is 10.9 Å². The first-order chi connectivity index (χ1) is 11.3. The number of halogens is 2. The van der Waals surface area contributed by atoms with Gasteiger partial charge in [-0.1, -0.05) is 43.5 Å². The number of benzene rings is 1. The quantitative estimate of drug-likeness (QED) is 0.814. The topological polar surface area (TPSA) is 84.2 Å². The molecular formula is C16H17Cl2N3O3. The first-order valence-corrected chi connectivity index (χ1v) is 8.13. The highest BCUT2D eigenvalue weighted by molar-refractivity contribution is 6.33. The maximum atomic E-state index is 12.4. The summed E-state index contributed by atoms with van der Waals surface area (Å²) in [5.41, 5.74) is 0.159. The number of aliphatic carboxylic acids is 1. The fraction of sp³-hybridized carbons (Fsp3) is 0.312. The Kier molecular flexibility index (Phi) is 5.85. The molecule has 2 atom stereocenters. The number of rotatable bonds is 6.